The molecular formula is C33H24ClFN4O3. The molecule has 2 atom stereocenters. The van der Waals surface area contributed by atoms with Gasteiger partial charge in [-0.05, 0) is 53.1 Å². The first-order valence-corrected chi connectivity index (χ1v) is 13.9. The number of aromatic amines is 1. The van der Waals surface area contributed by atoms with Gasteiger partial charge in [-0.15, -0.1) is 0 Å². The van der Waals surface area contributed by atoms with Crippen molar-refractivity contribution in [2.75, 3.05) is 4.90 Å². The molecule has 0 bridgehead atoms. The number of rotatable bonds is 5. The van der Waals surface area contributed by atoms with Crippen molar-refractivity contribution in [3.63, 3.8) is 0 Å². The summed E-state index contributed by atoms with van der Waals surface area (Å²) in [6, 6.07) is 25.5. The molecule has 4 aromatic carbocycles. The number of amides is 4. The van der Waals surface area contributed by atoms with E-state index in [-0.39, 0.29) is 17.8 Å². The zero-order valence-corrected chi connectivity index (χ0v) is 22.9. The van der Waals surface area contributed by atoms with Crippen LogP contribution in [0.3, 0.4) is 0 Å². The largest absolute Gasteiger partial charge is 0.356 e. The van der Waals surface area contributed by atoms with Crippen molar-refractivity contribution >= 4 is 46.0 Å². The summed E-state index contributed by atoms with van der Waals surface area (Å²) in [6.45, 7) is 0.178. The molecule has 2 aliphatic heterocycles. The molecule has 0 aliphatic carbocycles. The second kappa shape index (κ2) is 10.2. The van der Waals surface area contributed by atoms with Crippen LogP contribution in [-0.2, 0) is 17.8 Å². The van der Waals surface area contributed by atoms with Crippen molar-refractivity contribution < 1.29 is 18.8 Å². The maximum absolute atomic E-state index is 14.2. The van der Waals surface area contributed by atoms with Crippen LogP contribution >= 0.6 is 11.6 Å². The molecule has 208 valence electrons. The van der Waals surface area contributed by atoms with Gasteiger partial charge in [0.1, 0.15) is 17.9 Å². The van der Waals surface area contributed by atoms with Gasteiger partial charge in [-0.2, -0.15) is 0 Å². The van der Waals surface area contributed by atoms with Crippen LogP contribution in [0.15, 0.2) is 97.1 Å². The summed E-state index contributed by atoms with van der Waals surface area (Å²) >= 11 is 6.26. The van der Waals surface area contributed by atoms with Crippen LogP contribution in [0.25, 0.3) is 10.9 Å². The van der Waals surface area contributed by atoms with Crippen molar-refractivity contribution in [1.29, 1.82) is 0 Å². The molecular weight excluding hydrogens is 555 g/mol. The van der Waals surface area contributed by atoms with E-state index in [0.717, 1.165) is 32.6 Å². The molecule has 2 aliphatic rings. The molecule has 4 amide bonds. The lowest BCUT2D eigenvalue weighted by Gasteiger charge is -2.36. The molecule has 7 nitrogen and oxygen atoms in total. The Kier molecular flexibility index (Phi) is 6.28. The predicted molar refractivity (Wildman–Crippen MR) is 158 cm³/mol. The van der Waals surface area contributed by atoms with Gasteiger partial charge < -0.3 is 10.3 Å². The van der Waals surface area contributed by atoms with Gasteiger partial charge in [-0.1, -0.05) is 72.3 Å². The van der Waals surface area contributed by atoms with E-state index in [4.69, 9.17) is 11.6 Å². The van der Waals surface area contributed by atoms with Crippen LogP contribution in [0.1, 0.15) is 38.8 Å². The number of hydrogen-bond donors (Lipinski definition) is 2. The van der Waals surface area contributed by atoms with E-state index in [2.05, 4.69) is 10.3 Å². The molecule has 3 heterocycles. The van der Waals surface area contributed by atoms with Crippen LogP contribution in [0, 0.1) is 5.82 Å². The Balaban J connectivity index is 1.28. The summed E-state index contributed by atoms with van der Waals surface area (Å²) < 4.78 is 13.9. The SMILES string of the molecule is O=C(NCc1ccccc1Cl)c1ccccc1N1C(=O)C2Cc3c([nH]c4ccccc34)C(c3ccc(F)cc3)N2C1=O. The van der Waals surface area contributed by atoms with E-state index in [1.807, 2.05) is 36.4 Å². The number of carbonyl (C=O) groups is 3. The number of fused-ring (bicyclic) bond motifs is 4. The average Bonchev–Trinajstić information content (AvgIpc) is 3.50. The molecule has 0 spiro atoms. The van der Waals surface area contributed by atoms with Crippen LogP contribution in [0.5, 0.6) is 0 Å². The summed E-state index contributed by atoms with van der Waals surface area (Å²) in [4.78, 5) is 47.8. The Labute approximate surface area is 245 Å². The molecule has 9 heteroatoms. The Bertz CT molecular complexity index is 1890. The molecule has 5 aromatic rings. The number of halogens is 2. The summed E-state index contributed by atoms with van der Waals surface area (Å²) in [5.41, 5.74) is 4.42. The highest BCUT2D eigenvalue weighted by Crippen LogP contribution is 2.45. The van der Waals surface area contributed by atoms with E-state index in [9.17, 15) is 18.8 Å². The highest BCUT2D eigenvalue weighted by molar-refractivity contribution is 6.31. The van der Waals surface area contributed by atoms with Gasteiger partial charge in [-0.3, -0.25) is 14.5 Å². The standard InChI is InChI=1S/C33H24ClFN4O3/c34-25-10-4-1-7-20(25)18-36-31(40)23-9-3-6-12-27(23)39-32(41)28-17-24-22-8-2-5-11-26(22)37-29(24)30(38(28)33(39)42)19-13-15-21(35)16-14-19/h1-16,28,30,37H,17-18H2,(H,36,40). The number of para-hydroxylation sites is 2. The number of nitrogens with one attached hydrogen (secondary N) is 2. The first kappa shape index (κ1) is 26.0. The van der Waals surface area contributed by atoms with Crippen molar-refractivity contribution in [3.05, 3.63) is 136 Å². The fourth-order valence-electron chi connectivity index (χ4n) is 6.06. The Morgan fingerprint density at radius 3 is 2.45 bits per heavy atom. The van der Waals surface area contributed by atoms with Gasteiger partial charge in [-0.25, -0.2) is 14.1 Å². The number of H-pyrrole nitrogens is 1. The molecule has 2 unspecified atom stereocenters. The van der Waals surface area contributed by atoms with Crippen molar-refractivity contribution in [2.24, 2.45) is 0 Å². The lowest BCUT2D eigenvalue weighted by atomic mass is 9.89. The number of nitrogens with zero attached hydrogens (tertiary/aromatic N) is 2. The van der Waals surface area contributed by atoms with Gasteiger partial charge in [0.2, 0.25) is 0 Å². The second-order valence-electron chi connectivity index (χ2n) is 10.4. The third kappa shape index (κ3) is 4.14. The average molecular weight is 579 g/mol. The van der Waals surface area contributed by atoms with Crippen molar-refractivity contribution in [1.82, 2.24) is 15.2 Å². The minimum atomic E-state index is -0.807. The van der Waals surface area contributed by atoms with E-state index < -0.39 is 35.7 Å². The summed E-state index contributed by atoms with van der Waals surface area (Å²) in [7, 11) is 0. The molecule has 1 saturated heterocycles. The summed E-state index contributed by atoms with van der Waals surface area (Å²) in [5, 5.41) is 4.35. The Morgan fingerprint density at radius 2 is 1.64 bits per heavy atom. The van der Waals surface area contributed by atoms with E-state index in [1.54, 1.807) is 53.4 Å². The molecule has 7 rings (SSSR count). The maximum Gasteiger partial charge on any atom is 0.332 e. The molecule has 0 radical (unpaired) electrons. The number of benzene rings is 4. The number of hydrogen-bond acceptors (Lipinski definition) is 3. The first-order chi connectivity index (χ1) is 20.4. The monoisotopic (exact) mass is 578 g/mol. The Morgan fingerprint density at radius 1 is 0.929 bits per heavy atom. The van der Waals surface area contributed by atoms with Crippen molar-refractivity contribution in [3.8, 4) is 0 Å². The van der Waals surface area contributed by atoms with Crippen LogP contribution in [0.4, 0.5) is 14.9 Å². The summed E-state index contributed by atoms with van der Waals surface area (Å²) in [6.07, 6.45) is 0.305. The zero-order chi connectivity index (χ0) is 29.0. The first-order valence-electron chi connectivity index (χ1n) is 13.5. The fraction of sp³-hybridized carbons (Fsp3) is 0.121. The maximum atomic E-state index is 14.2. The lowest BCUT2D eigenvalue weighted by Crippen LogP contribution is -2.44. The topological polar surface area (TPSA) is 85.5 Å². The Hall–Kier alpha value is -4.95. The van der Waals surface area contributed by atoms with Crippen LogP contribution in [0.2, 0.25) is 5.02 Å². The predicted octanol–water partition coefficient (Wildman–Crippen LogP) is 6.37. The van der Waals surface area contributed by atoms with Crippen molar-refractivity contribution in [2.45, 2.75) is 25.0 Å². The number of carbonyl (C=O) groups excluding carboxylic acids is 3. The summed E-state index contributed by atoms with van der Waals surface area (Å²) in [5.74, 6) is -1.26. The molecule has 42 heavy (non-hydrogen) atoms. The minimum Gasteiger partial charge on any atom is -0.356 e. The van der Waals surface area contributed by atoms with Gasteiger partial charge in [0.15, 0.2) is 0 Å². The smallest absolute Gasteiger partial charge is 0.332 e. The van der Waals surface area contributed by atoms with E-state index in [1.165, 1.54) is 12.1 Å². The highest BCUT2D eigenvalue weighted by atomic mass is 35.5. The zero-order valence-electron chi connectivity index (χ0n) is 22.2. The normalized spacial score (nSPS) is 17.9. The van der Waals surface area contributed by atoms with E-state index in [0.29, 0.717) is 17.0 Å². The third-order valence-corrected chi connectivity index (χ3v) is 8.39. The highest BCUT2D eigenvalue weighted by Gasteiger charge is 2.53. The molecule has 2 N–H and O–H groups in total. The van der Waals surface area contributed by atoms with Gasteiger partial charge in [0.25, 0.3) is 11.8 Å². The third-order valence-electron chi connectivity index (χ3n) is 8.02. The van der Waals surface area contributed by atoms with Crippen LogP contribution < -0.4 is 10.2 Å². The van der Waals surface area contributed by atoms with Crippen LogP contribution in [-0.4, -0.2) is 33.8 Å². The quantitative estimate of drug-likeness (QED) is 0.238. The number of imide groups is 1. The molecule has 0 saturated carbocycles. The lowest BCUT2D eigenvalue weighted by molar-refractivity contribution is -0.120. The molecule has 1 aromatic heterocycles. The second-order valence-corrected chi connectivity index (χ2v) is 10.8. The van der Waals surface area contributed by atoms with E-state index >= 15 is 0 Å². The van der Waals surface area contributed by atoms with Gasteiger partial charge >= 0.3 is 6.03 Å². The van der Waals surface area contributed by atoms with Gasteiger partial charge in [0.05, 0.1) is 11.3 Å². The number of urea groups is 1. The van der Waals surface area contributed by atoms with Gasteiger partial charge in [0, 0.05) is 34.6 Å². The molecule has 1 fully saturated rings. The fourth-order valence-corrected chi connectivity index (χ4v) is 6.26. The number of anilines is 1. The minimum absolute atomic E-state index is 0.178. The number of aromatic nitrogens is 1.